The van der Waals surface area contributed by atoms with E-state index in [0.717, 1.165) is 25.2 Å². The molecule has 0 unspecified atom stereocenters. The highest BCUT2D eigenvalue weighted by Crippen LogP contribution is 2.42. The first-order valence-corrected chi connectivity index (χ1v) is 5.72. The first kappa shape index (κ1) is 9.22. The highest BCUT2D eigenvalue weighted by atomic mass is 16.6. The first-order valence-electron chi connectivity index (χ1n) is 5.72. The van der Waals surface area contributed by atoms with Gasteiger partial charge in [0, 0.05) is 0 Å². The van der Waals surface area contributed by atoms with Crippen LogP contribution < -0.4 is 4.74 Å². The van der Waals surface area contributed by atoms with Gasteiger partial charge in [-0.1, -0.05) is 18.2 Å². The SMILES string of the molecule is c1ccc(OC2CCC3(CC2)CO3)cc1. The normalized spacial score (nSPS) is 34.0. The average molecular weight is 204 g/mol. The van der Waals surface area contributed by atoms with Gasteiger partial charge in [-0.25, -0.2) is 0 Å². The van der Waals surface area contributed by atoms with Gasteiger partial charge in [0.2, 0.25) is 0 Å². The molecule has 2 aliphatic rings. The minimum absolute atomic E-state index is 0.274. The van der Waals surface area contributed by atoms with Crippen molar-refractivity contribution in [2.45, 2.75) is 37.4 Å². The second-order valence-electron chi connectivity index (χ2n) is 4.60. The van der Waals surface area contributed by atoms with Crippen LogP contribution >= 0.6 is 0 Å². The van der Waals surface area contributed by atoms with Crippen molar-refractivity contribution < 1.29 is 9.47 Å². The van der Waals surface area contributed by atoms with Gasteiger partial charge in [0.25, 0.3) is 0 Å². The maximum atomic E-state index is 5.92. The van der Waals surface area contributed by atoms with Crippen LogP contribution in [0.3, 0.4) is 0 Å². The molecule has 0 N–H and O–H groups in total. The number of para-hydroxylation sites is 1. The fraction of sp³-hybridized carbons (Fsp3) is 0.538. The lowest BCUT2D eigenvalue weighted by atomic mass is 9.88. The zero-order valence-corrected chi connectivity index (χ0v) is 8.82. The van der Waals surface area contributed by atoms with Crippen molar-refractivity contribution in [3.05, 3.63) is 30.3 Å². The molecule has 1 aliphatic carbocycles. The number of ether oxygens (including phenoxy) is 2. The molecule has 80 valence electrons. The Kier molecular flexibility index (Phi) is 2.17. The summed E-state index contributed by atoms with van der Waals surface area (Å²) in [5.41, 5.74) is 0.274. The zero-order valence-electron chi connectivity index (χ0n) is 8.82. The predicted octanol–water partition coefficient (Wildman–Crippen LogP) is 2.78. The molecule has 2 nitrogen and oxygen atoms in total. The fourth-order valence-electron chi connectivity index (χ4n) is 2.32. The molecular weight excluding hydrogens is 188 g/mol. The summed E-state index contributed by atoms with van der Waals surface area (Å²) in [6.07, 6.45) is 5.00. The molecule has 1 aromatic rings. The van der Waals surface area contributed by atoms with E-state index in [9.17, 15) is 0 Å². The van der Waals surface area contributed by atoms with Gasteiger partial charge in [0.1, 0.15) is 5.75 Å². The molecule has 0 amide bonds. The van der Waals surface area contributed by atoms with Gasteiger partial charge in [-0.05, 0) is 37.8 Å². The third kappa shape index (κ3) is 2.00. The van der Waals surface area contributed by atoms with Gasteiger partial charge in [-0.2, -0.15) is 0 Å². The topological polar surface area (TPSA) is 21.8 Å². The summed E-state index contributed by atoms with van der Waals surface area (Å²) < 4.78 is 11.4. The lowest BCUT2D eigenvalue weighted by Gasteiger charge is -2.26. The van der Waals surface area contributed by atoms with Crippen LogP contribution in [0.1, 0.15) is 25.7 Å². The monoisotopic (exact) mass is 204 g/mol. The Bertz CT molecular complexity index is 320. The maximum absolute atomic E-state index is 5.92. The molecule has 1 heterocycles. The Labute approximate surface area is 90.2 Å². The Morgan fingerprint density at radius 1 is 1.13 bits per heavy atom. The van der Waals surface area contributed by atoms with Gasteiger partial charge >= 0.3 is 0 Å². The van der Waals surface area contributed by atoms with E-state index >= 15 is 0 Å². The zero-order chi connectivity index (χ0) is 10.1. The highest BCUT2D eigenvalue weighted by molar-refractivity contribution is 5.21. The quantitative estimate of drug-likeness (QED) is 0.691. The molecule has 0 atom stereocenters. The standard InChI is InChI=1S/C13H16O2/c1-2-4-11(5-3-1)15-12-6-8-13(9-7-12)10-14-13/h1-5,12H,6-10H2. The summed E-state index contributed by atoms with van der Waals surface area (Å²) in [4.78, 5) is 0. The number of hydrogen-bond acceptors (Lipinski definition) is 2. The molecule has 1 spiro atoms. The lowest BCUT2D eigenvalue weighted by molar-refractivity contribution is 0.111. The summed E-state index contributed by atoms with van der Waals surface area (Å²) in [6.45, 7) is 0.977. The van der Waals surface area contributed by atoms with E-state index < -0.39 is 0 Å². The molecule has 0 aromatic heterocycles. The number of rotatable bonds is 2. The summed E-state index contributed by atoms with van der Waals surface area (Å²) in [6, 6.07) is 10.1. The molecule has 1 aliphatic heterocycles. The van der Waals surface area contributed by atoms with Crippen LogP contribution in [0.15, 0.2) is 30.3 Å². The van der Waals surface area contributed by atoms with Crippen LogP contribution in [-0.2, 0) is 4.74 Å². The first-order chi connectivity index (χ1) is 7.36. The Morgan fingerprint density at radius 3 is 2.40 bits per heavy atom. The van der Waals surface area contributed by atoms with E-state index in [-0.39, 0.29) is 5.60 Å². The molecule has 2 fully saturated rings. The fourth-order valence-corrected chi connectivity index (χ4v) is 2.32. The van der Waals surface area contributed by atoms with E-state index in [1.807, 2.05) is 30.3 Å². The second kappa shape index (κ2) is 3.53. The Hall–Kier alpha value is -1.02. The van der Waals surface area contributed by atoms with Gasteiger partial charge in [-0.15, -0.1) is 0 Å². The molecule has 1 saturated carbocycles. The molecule has 0 bridgehead atoms. The van der Waals surface area contributed by atoms with Gasteiger partial charge in [0.05, 0.1) is 18.3 Å². The molecule has 1 aromatic carbocycles. The summed E-state index contributed by atoms with van der Waals surface area (Å²) >= 11 is 0. The van der Waals surface area contributed by atoms with Crippen molar-refractivity contribution in [2.24, 2.45) is 0 Å². The van der Waals surface area contributed by atoms with Crippen LogP contribution in [0.2, 0.25) is 0 Å². The van der Waals surface area contributed by atoms with Crippen LogP contribution in [0.4, 0.5) is 0 Å². The third-order valence-corrected chi connectivity index (χ3v) is 3.44. The van der Waals surface area contributed by atoms with Crippen LogP contribution in [0.25, 0.3) is 0 Å². The van der Waals surface area contributed by atoms with Crippen LogP contribution in [-0.4, -0.2) is 18.3 Å². The Morgan fingerprint density at radius 2 is 1.80 bits per heavy atom. The van der Waals surface area contributed by atoms with E-state index in [0.29, 0.717) is 6.10 Å². The third-order valence-electron chi connectivity index (χ3n) is 3.44. The smallest absolute Gasteiger partial charge is 0.119 e. The van der Waals surface area contributed by atoms with Crippen LogP contribution in [0.5, 0.6) is 5.75 Å². The van der Waals surface area contributed by atoms with E-state index in [1.54, 1.807) is 0 Å². The van der Waals surface area contributed by atoms with Crippen molar-refractivity contribution >= 4 is 0 Å². The highest BCUT2D eigenvalue weighted by Gasteiger charge is 2.47. The molecule has 2 heteroatoms. The second-order valence-corrected chi connectivity index (χ2v) is 4.60. The minimum atomic E-state index is 0.274. The van der Waals surface area contributed by atoms with Crippen LogP contribution in [0, 0.1) is 0 Å². The van der Waals surface area contributed by atoms with E-state index in [4.69, 9.17) is 9.47 Å². The lowest BCUT2D eigenvalue weighted by Crippen LogP contribution is -2.28. The average Bonchev–Trinajstić information content (AvgIpc) is 3.04. The molecule has 1 saturated heterocycles. The van der Waals surface area contributed by atoms with Crippen molar-refractivity contribution in [1.29, 1.82) is 0 Å². The molecule has 0 radical (unpaired) electrons. The summed E-state index contributed by atoms with van der Waals surface area (Å²) in [7, 11) is 0. The number of hydrogen-bond donors (Lipinski definition) is 0. The number of benzene rings is 1. The maximum Gasteiger partial charge on any atom is 0.119 e. The number of epoxide rings is 1. The van der Waals surface area contributed by atoms with E-state index in [2.05, 4.69) is 0 Å². The van der Waals surface area contributed by atoms with Crippen molar-refractivity contribution in [1.82, 2.24) is 0 Å². The summed E-state index contributed by atoms with van der Waals surface area (Å²) in [5.74, 6) is 0.996. The molecular formula is C13H16O2. The summed E-state index contributed by atoms with van der Waals surface area (Å²) in [5, 5.41) is 0. The van der Waals surface area contributed by atoms with Gasteiger partial charge < -0.3 is 9.47 Å². The largest absolute Gasteiger partial charge is 0.490 e. The van der Waals surface area contributed by atoms with Crippen molar-refractivity contribution in [3.8, 4) is 5.75 Å². The van der Waals surface area contributed by atoms with Gasteiger partial charge in [-0.3, -0.25) is 0 Å². The minimum Gasteiger partial charge on any atom is -0.490 e. The molecule has 15 heavy (non-hydrogen) atoms. The molecule has 3 rings (SSSR count). The van der Waals surface area contributed by atoms with Crippen molar-refractivity contribution in [3.63, 3.8) is 0 Å². The van der Waals surface area contributed by atoms with Gasteiger partial charge in [0.15, 0.2) is 0 Å². The van der Waals surface area contributed by atoms with E-state index in [1.165, 1.54) is 12.8 Å². The predicted molar refractivity (Wildman–Crippen MR) is 58.0 cm³/mol. The van der Waals surface area contributed by atoms with Crippen molar-refractivity contribution in [2.75, 3.05) is 6.61 Å². The Balaban J connectivity index is 1.56.